The van der Waals surface area contributed by atoms with E-state index in [1.165, 1.54) is 13.3 Å². The number of rotatable bonds is 7. The molecule has 0 bridgehead atoms. The van der Waals surface area contributed by atoms with Gasteiger partial charge in [-0.05, 0) is 12.1 Å². The third kappa shape index (κ3) is 5.24. The second kappa shape index (κ2) is 8.22. The molecule has 1 aromatic carbocycles. The summed E-state index contributed by atoms with van der Waals surface area (Å²) in [6.07, 6.45) is 1.04. The fraction of sp³-hybridized carbons (Fsp3) is 0.214. The van der Waals surface area contributed by atoms with Gasteiger partial charge >= 0.3 is 5.97 Å². The Balaban J connectivity index is 2.69. The predicted octanol–water partition coefficient (Wildman–Crippen LogP) is 1.11. The van der Waals surface area contributed by atoms with E-state index in [1.807, 2.05) is 0 Å². The molecule has 0 aliphatic heterocycles. The van der Waals surface area contributed by atoms with Crippen molar-refractivity contribution in [2.75, 3.05) is 19.0 Å². The molecule has 7 heteroatoms. The van der Waals surface area contributed by atoms with Crippen molar-refractivity contribution in [3.8, 4) is 11.8 Å². The van der Waals surface area contributed by atoms with Crippen LogP contribution in [0.3, 0.4) is 0 Å². The van der Waals surface area contributed by atoms with Gasteiger partial charge in [-0.1, -0.05) is 12.1 Å². The van der Waals surface area contributed by atoms with E-state index >= 15 is 0 Å². The zero-order valence-electron chi connectivity index (χ0n) is 11.4. The molecule has 110 valence electrons. The first-order chi connectivity index (χ1) is 10.1. The highest BCUT2D eigenvalue weighted by Gasteiger charge is 2.09. The Morgan fingerprint density at radius 2 is 2.14 bits per heavy atom. The number of carbonyl (C=O) groups excluding carboxylic acids is 1. The minimum absolute atomic E-state index is 0.0398. The summed E-state index contributed by atoms with van der Waals surface area (Å²) in [7, 11) is 1.51. The van der Waals surface area contributed by atoms with Crippen LogP contribution in [0.5, 0.6) is 5.75 Å². The van der Waals surface area contributed by atoms with Crippen molar-refractivity contribution in [3.63, 3.8) is 0 Å². The third-order valence-corrected chi connectivity index (χ3v) is 2.47. The molecule has 1 rings (SSSR count). The average Bonchev–Trinajstić information content (AvgIpc) is 2.48. The molecule has 0 radical (unpaired) electrons. The third-order valence-electron chi connectivity index (χ3n) is 2.47. The summed E-state index contributed by atoms with van der Waals surface area (Å²) in [4.78, 5) is 22.0. The van der Waals surface area contributed by atoms with Gasteiger partial charge in [0.15, 0.2) is 0 Å². The number of aliphatic carboxylic acids is 1. The Morgan fingerprint density at radius 1 is 1.43 bits per heavy atom. The number of hydrogen-bond acceptors (Lipinski definition) is 5. The van der Waals surface area contributed by atoms with Gasteiger partial charge in [0.1, 0.15) is 17.4 Å². The quantitative estimate of drug-likeness (QED) is 0.512. The van der Waals surface area contributed by atoms with Gasteiger partial charge in [-0.15, -0.1) is 0 Å². The molecule has 0 saturated carbocycles. The fourth-order valence-corrected chi connectivity index (χ4v) is 1.44. The van der Waals surface area contributed by atoms with Gasteiger partial charge in [-0.25, -0.2) is 0 Å². The molecule has 0 saturated heterocycles. The van der Waals surface area contributed by atoms with Gasteiger partial charge < -0.3 is 20.5 Å². The molecule has 0 spiro atoms. The van der Waals surface area contributed by atoms with Crippen LogP contribution in [0.1, 0.15) is 6.42 Å². The molecule has 0 unspecified atom stereocenters. The van der Waals surface area contributed by atoms with E-state index < -0.39 is 11.9 Å². The molecule has 1 aromatic rings. The largest absolute Gasteiger partial charge is 0.495 e. The summed E-state index contributed by atoms with van der Waals surface area (Å²) in [6.45, 7) is -0.0398. The first-order valence-corrected chi connectivity index (χ1v) is 6.08. The number of anilines is 1. The highest BCUT2D eigenvalue weighted by Crippen LogP contribution is 2.23. The summed E-state index contributed by atoms with van der Waals surface area (Å²) in [5, 5.41) is 22.6. The number of nitrogens with zero attached hydrogens (tertiary/aromatic N) is 1. The van der Waals surface area contributed by atoms with E-state index in [2.05, 4.69) is 10.6 Å². The molecule has 1 amide bonds. The molecule has 0 fully saturated rings. The zero-order chi connectivity index (χ0) is 15.7. The van der Waals surface area contributed by atoms with Gasteiger partial charge in [-0.3, -0.25) is 9.59 Å². The lowest BCUT2D eigenvalue weighted by atomic mass is 10.2. The number of hydrogen-bond donors (Lipinski definition) is 3. The highest BCUT2D eigenvalue weighted by molar-refractivity contribution is 5.97. The van der Waals surface area contributed by atoms with Gasteiger partial charge in [-0.2, -0.15) is 5.26 Å². The van der Waals surface area contributed by atoms with E-state index in [0.29, 0.717) is 11.4 Å². The molecule has 7 nitrogen and oxygen atoms in total. The first kappa shape index (κ1) is 16.0. The fourth-order valence-electron chi connectivity index (χ4n) is 1.44. The maximum absolute atomic E-state index is 11.7. The maximum atomic E-state index is 11.7. The highest BCUT2D eigenvalue weighted by atomic mass is 16.5. The summed E-state index contributed by atoms with van der Waals surface area (Å²) in [5.41, 5.74) is 0.442. The van der Waals surface area contributed by atoms with Gasteiger partial charge in [0.2, 0.25) is 0 Å². The summed E-state index contributed by atoms with van der Waals surface area (Å²) in [5.74, 6) is -1.09. The van der Waals surface area contributed by atoms with Crippen LogP contribution in [-0.4, -0.2) is 30.6 Å². The lowest BCUT2D eigenvalue weighted by molar-refractivity contribution is -0.136. The average molecular weight is 289 g/mol. The van der Waals surface area contributed by atoms with E-state index in [0.717, 1.165) is 0 Å². The molecule has 0 aliphatic rings. The van der Waals surface area contributed by atoms with Crippen LogP contribution in [0.2, 0.25) is 0 Å². The minimum Gasteiger partial charge on any atom is -0.495 e. The van der Waals surface area contributed by atoms with Crippen molar-refractivity contribution < 1.29 is 19.4 Å². The second-order valence-corrected chi connectivity index (χ2v) is 3.91. The molecule has 21 heavy (non-hydrogen) atoms. The van der Waals surface area contributed by atoms with Gasteiger partial charge in [0.25, 0.3) is 5.91 Å². The standard InChI is InChI=1S/C14H15N3O4/c1-21-12-5-3-2-4-11(12)17-9-10(8-15)14(20)16-7-6-13(18)19/h2-5,9,17H,6-7H2,1H3,(H,16,20)(H,18,19)/b10-9-. The molecular formula is C14H15N3O4. The van der Waals surface area contributed by atoms with Crippen molar-refractivity contribution in [2.45, 2.75) is 6.42 Å². The monoisotopic (exact) mass is 289 g/mol. The maximum Gasteiger partial charge on any atom is 0.305 e. The Labute approximate surface area is 121 Å². The molecule has 0 aromatic heterocycles. The number of carboxylic acids is 1. The van der Waals surface area contributed by atoms with Crippen molar-refractivity contribution in [2.24, 2.45) is 0 Å². The van der Waals surface area contributed by atoms with Crippen LogP contribution in [0, 0.1) is 11.3 Å². The van der Waals surface area contributed by atoms with Gasteiger partial charge in [0.05, 0.1) is 19.2 Å². The van der Waals surface area contributed by atoms with E-state index in [9.17, 15) is 9.59 Å². The van der Waals surface area contributed by atoms with Crippen molar-refractivity contribution >= 4 is 17.6 Å². The number of nitrogens with one attached hydrogen (secondary N) is 2. The molecule has 0 heterocycles. The Hall–Kier alpha value is -3.01. The second-order valence-electron chi connectivity index (χ2n) is 3.91. The van der Waals surface area contributed by atoms with Crippen LogP contribution in [0.15, 0.2) is 36.0 Å². The Bertz CT molecular complexity index is 590. The number of ether oxygens (including phenoxy) is 1. The molecular weight excluding hydrogens is 274 g/mol. The lowest BCUT2D eigenvalue weighted by Gasteiger charge is -2.08. The van der Waals surface area contributed by atoms with Crippen LogP contribution >= 0.6 is 0 Å². The number of methoxy groups -OCH3 is 1. The summed E-state index contributed by atoms with van der Waals surface area (Å²) in [6, 6.07) is 8.77. The van der Waals surface area contributed by atoms with E-state index in [1.54, 1.807) is 30.3 Å². The van der Waals surface area contributed by atoms with Gasteiger partial charge in [0, 0.05) is 12.7 Å². The minimum atomic E-state index is -1.02. The van der Waals surface area contributed by atoms with E-state index in [-0.39, 0.29) is 18.5 Å². The van der Waals surface area contributed by atoms with Crippen LogP contribution in [0.25, 0.3) is 0 Å². The normalized spacial score (nSPS) is 10.4. The Kier molecular flexibility index (Phi) is 6.28. The van der Waals surface area contributed by atoms with Crippen LogP contribution in [0.4, 0.5) is 5.69 Å². The van der Waals surface area contributed by atoms with Crippen molar-refractivity contribution in [1.82, 2.24) is 5.32 Å². The zero-order valence-corrected chi connectivity index (χ0v) is 11.4. The topological polar surface area (TPSA) is 111 Å². The smallest absolute Gasteiger partial charge is 0.305 e. The number of amides is 1. The van der Waals surface area contributed by atoms with E-state index in [4.69, 9.17) is 15.1 Å². The molecule has 0 aliphatic carbocycles. The van der Waals surface area contributed by atoms with Crippen LogP contribution < -0.4 is 15.4 Å². The summed E-state index contributed by atoms with van der Waals surface area (Å²) < 4.78 is 5.12. The lowest BCUT2D eigenvalue weighted by Crippen LogP contribution is -2.27. The van der Waals surface area contributed by atoms with Crippen molar-refractivity contribution in [3.05, 3.63) is 36.0 Å². The summed E-state index contributed by atoms with van der Waals surface area (Å²) >= 11 is 0. The number of carbonyl (C=O) groups is 2. The molecule has 0 atom stereocenters. The number of para-hydroxylation sites is 2. The van der Waals surface area contributed by atoms with Crippen molar-refractivity contribution in [1.29, 1.82) is 5.26 Å². The number of benzene rings is 1. The first-order valence-electron chi connectivity index (χ1n) is 6.08. The van der Waals surface area contributed by atoms with Crippen LogP contribution in [-0.2, 0) is 9.59 Å². The predicted molar refractivity (Wildman–Crippen MR) is 75.6 cm³/mol. The number of nitriles is 1. The SMILES string of the molecule is COc1ccccc1N/C=C(/C#N)C(=O)NCCC(=O)O. The molecule has 3 N–H and O–H groups in total. The number of carboxylic acid groups (broad SMARTS) is 1. The Morgan fingerprint density at radius 3 is 2.76 bits per heavy atom.